The lowest BCUT2D eigenvalue weighted by atomic mass is 10.1. The number of aromatic amines is 2. The molecular weight excluding hydrogens is 382 g/mol. The minimum absolute atomic E-state index is 0.0633. The molecule has 28 heavy (non-hydrogen) atoms. The summed E-state index contributed by atoms with van der Waals surface area (Å²) < 4.78 is 32.5. The molecule has 0 saturated heterocycles. The lowest BCUT2D eigenvalue weighted by molar-refractivity contribution is 0.553. The van der Waals surface area contributed by atoms with Gasteiger partial charge in [-0.2, -0.15) is 0 Å². The van der Waals surface area contributed by atoms with Crippen molar-refractivity contribution in [3.8, 4) is 0 Å². The van der Waals surface area contributed by atoms with E-state index < -0.39 is 15.8 Å². The monoisotopic (exact) mass is 399 g/mol. The van der Waals surface area contributed by atoms with E-state index in [0.717, 1.165) is 22.0 Å². The van der Waals surface area contributed by atoms with E-state index in [1.807, 2.05) is 26.0 Å². The third-order valence-electron chi connectivity index (χ3n) is 4.53. The lowest BCUT2D eigenvalue weighted by Crippen LogP contribution is -2.27. The van der Waals surface area contributed by atoms with E-state index in [-0.39, 0.29) is 22.6 Å². The second kappa shape index (κ2) is 6.47. The summed E-state index contributed by atoms with van der Waals surface area (Å²) >= 11 is 0. The van der Waals surface area contributed by atoms with E-state index in [0.29, 0.717) is 11.1 Å². The van der Waals surface area contributed by atoms with Gasteiger partial charge in [0.15, 0.2) is 5.58 Å². The van der Waals surface area contributed by atoms with Crippen molar-refractivity contribution in [1.29, 1.82) is 0 Å². The molecule has 4 aromatic rings. The van der Waals surface area contributed by atoms with Crippen LogP contribution in [0.25, 0.3) is 22.0 Å². The Balaban J connectivity index is 1.66. The molecule has 9 heteroatoms. The standard InChI is InChI=1S/C19H17N3O5S/c1-10-5-11(2)17-12(6-10)7-13(18(23)22-17)9-20-28(25,26)14-3-4-15-16(8-14)27-19(24)21-15/h3-8,20H,9H2,1-2H3,(H,21,24)(H,22,23). The summed E-state index contributed by atoms with van der Waals surface area (Å²) in [6.07, 6.45) is 0. The van der Waals surface area contributed by atoms with Crippen LogP contribution in [0.2, 0.25) is 0 Å². The zero-order valence-electron chi connectivity index (χ0n) is 15.1. The zero-order valence-corrected chi connectivity index (χ0v) is 15.9. The molecule has 0 spiro atoms. The molecule has 144 valence electrons. The molecule has 4 rings (SSSR count). The minimum Gasteiger partial charge on any atom is -0.408 e. The summed E-state index contributed by atoms with van der Waals surface area (Å²) in [5.41, 5.74) is 3.22. The number of fused-ring (bicyclic) bond motifs is 2. The zero-order chi connectivity index (χ0) is 20.1. The molecular formula is C19H17N3O5S. The first-order chi connectivity index (χ1) is 13.2. The number of hydrogen-bond acceptors (Lipinski definition) is 5. The van der Waals surface area contributed by atoms with Crippen LogP contribution in [0.15, 0.2) is 55.3 Å². The van der Waals surface area contributed by atoms with Gasteiger partial charge in [0.05, 0.1) is 15.9 Å². The molecule has 0 atom stereocenters. The molecule has 0 aliphatic rings. The number of benzene rings is 2. The number of rotatable bonds is 4. The summed E-state index contributed by atoms with van der Waals surface area (Å²) in [6.45, 7) is 3.69. The lowest BCUT2D eigenvalue weighted by Gasteiger charge is -2.09. The maximum Gasteiger partial charge on any atom is 0.417 e. The smallest absolute Gasteiger partial charge is 0.408 e. The predicted octanol–water partition coefficient (Wildman–Crippen LogP) is 2.06. The molecule has 2 aromatic heterocycles. The first-order valence-electron chi connectivity index (χ1n) is 8.49. The second-order valence-corrected chi connectivity index (χ2v) is 8.43. The minimum atomic E-state index is -3.91. The van der Waals surface area contributed by atoms with Gasteiger partial charge in [0.2, 0.25) is 10.0 Å². The van der Waals surface area contributed by atoms with Crippen molar-refractivity contribution in [3.05, 3.63) is 74.0 Å². The predicted molar refractivity (Wildman–Crippen MR) is 105 cm³/mol. The van der Waals surface area contributed by atoms with Crippen LogP contribution in [0.4, 0.5) is 0 Å². The first kappa shape index (κ1) is 18.2. The largest absolute Gasteiger partial charge is 0.417 e. The Bertz CT molecular complexity index is 1440. The highest BCUT2D eigenvalue weighted by atomic mass is 32.2. The van der Waals surface area contributed by atoms with Gasteiger partial charge in [0, 0.05) is 18.2 Å². The van der Waals surface area contributed by atoms with Crippen molar-refractivity contribution in [1.82, 2.24) is 14.7 Å². The Labute approximate surface area is 159 Å². The van der Waals surface area contributed by atoms with Gasteiger partial charge in [-0.1, -0.05) is 11.6 Å². The molecule has 2 heterocycles. The van der Waals surface area contributed by atoms with Crippen LogP contribution in [0.1, 0.15) is 16.7 Å². The maximum absolute atomic E-state index is 12.6. The van der Waals surface area contributed by atoms with Gasteiger partial charge in [0.1, 0.15) is 0 Å². The van der Waals surface area contributed by atoms with E-state index in [2.05, 4.69) is 14.7 Å². The summed E-state index contributed by atoms with van der Waals surface area (Å²) in [7, 11) is -3.91. The van der Waals surface area contributed by atoms with Crippen molar-refractivity contribution in [2.45, 2.75) is 25.3 Å². The van der Waals surface area contributed by atoms with Gasteiger partial charge < -0.3 is 9.40 Å². The van der Waals surface area contributed by atoms with Crippen LogP contribution in [0.3, 0.4) is 0 Å². The number of oxazole rings is 1. The van der Waals surface area contributed by atoms with Crippen LogP contribution in [0.5, 0.6) is 0 Å². The Hall–Kier alpha value is -3.17. The average Bonchev–Trinajstić information content (AvgIpc) is 3.00. The molecule has 0 saturated carbocycles. The van der Waals surface area contributed by atoms with Gasteiger partial charge in [-0.3, -0.25) is 9.78 Å². The SMILES string of the molecule is Cc1cc(C)c2[nH]c(=O)c(CNS(=O)(=O)c3ccc4[nH]c(=O)oc4c3)cc2c1. The highest BCUT2D eigenvalue weighted by Gasteiger charge is 2.17. The number of nitrogens with one attached hydrogen (secondary N) is 3. The van der Waals surface area contributed by atoms with Crippen molar-refractivity contribution in [3.63, 3.8) is 0 Å². The van der Waals surface area contributed by atoms with Crippen LogP contribution < -0.4 is 16.0 Å². The van der Waals surface area contributed by atoms with Gasteiger partial charge in [-0.25, -0.2) is 17.9 Å². The van der Waals surface area contributed by atoms with Gasteiger partial charge in [0.25, 0.3) is 5.56 Å². The fraction of sp³-hybridized carbons (Fsp3) is 0.158. The summed E-state index contributed by atoms with van der Waals surface area (Å²) in [5, 5.41) is 0.835. The maximum atomic E-state index is 12.6. The number of sulfonamides is 1. The third kappa shape index (κ3) is 3.25. The molecule has 0 radical (unpaired) electrons. The molecule has 8 nitrogen and oxygen atoms in total. The fourth-order valence-electron chi connectivity index (χ4n) is 3.21. The van der Waals surface area contributed by atoms with Crippen molar-refractivity contribution >= 4 is 32.0 Å². The topological polar surface area (TPSA) is 125 Å². The highest BCUT2D eigenvalue weighted by Crippen LogP contribution is 2.19. The second-order valence-electron chi connectivity index (χ2n) is 6.67. The van der Waals surface area contributed by atoms with Gasteiger partial charge in [-0.15, -0.1) is 0 Å². The summed E-state index contributed by atoms with van der Waals surface area (Å²) in [5.74, 6) is -0.661. The molecule has 0 aliphatic heterocycles. The van der Waals surface area contributed by atoms with E-state index >= 15 is 0 Å². The normalized spacial score (nSPS) is 12.1. The van der Waals surface area contributed by atoms with Gasteiger partial charge in [-0.05, 0) is 49.1 Å². The van der Waals surface area contributed by atoms with E-state index in [9.17, 15) is 18.0 Å². The van der Waals surface area contributed by atoms with Gasteiger partial charge >= 0.3 is 5.76 Å². The fourth-order valence-corrected chi connectivity index (χ4v) is 4.23. The average molecular weight is 399 g/mol. The Morgan fingerprint density at radius 1 is 1.04 bits per heavy atom. The Morgan fingerprint density at radius 3 is 2.61 bits per heavy atom. The number of hydrogen-bond donors (Lipinski definition) is 3. The number of aromatic nitrogens is 2. The van der Waals surface area contributed by atoms with Crippen LogP contribution in [0, 0.1) is 13.8 Å². The summed E-state index contributed by atoms with van der Waals surface area (Å²) in [4.78, 5) is 28.8. The summed E-state index contributed by atoms with van der Waals surface area (Å²) in [6, 6.07) is 9.64. The van der Waals surface area contributed by atoms with Crippen molar-refractivity contribution < 1.29 is 12.8 Å². The highest BCUT2D eigenvalue weighted by molar-refractivity contribution is 7.89. The molecule has 0 aliphatic carbocycles. The first-order valence-corrected chi connectivity index (χ1v) is 9.97. The molecule has 0 bridgehead atoms. The molecule has 2 aromatic carbocycles. The van der Waals surface area contributed by atoms with Crippen LogP contribution >= 0.6 is 0 Å². The van der Waals surface area contributed by atoms with E-state index in [1.165, 1.54) is 18.2 Å². The third-order valence-corrected chi connectivity index (χ3v) is 5.92. The van der Waals surface area contributed by atoms with Crippen molar-refractivity contribution in [2.75, 3.05) is 0 Å². The van der Waals surface area contributed by atoms with Crippen LogP contribution in [-0.2, 0) is 16.6 Å². The molecule has 0 amide bonds. The quantitative estimate of drug-likeness (QED) is 0.484. The van der Waals surface area contributed by atoms with E-state index in [4.69, 9.17) is 4.42 Å². The molecule has 0 fully saturated rings. The van der Waals surface area contributed by atoms with Crippen molar-refractivity contribution in [2.24, 2.45) is 0 Å². The van der Waals surface area contributed by atoms with Crippen LogP contribution in [-0.4, -0.2) is 18.4 Å². The number of pyridine rings is 1. The Kier molecular flexibility index (Phi) is 4.20. The number of H-pyrrole nitrogens is 2. The molecule has 3 N–H and O–H groups in total. The Morgan fingerprint density at radius 2 is 1.82 bits per heavy atom. The number of aryl methyl sites for hydroxylation is 2. The van der Waals surface area contributed by atoms with E-state index in [1.54, 1.807) is 6.07 Å². The molecule has 0 unspecified atom stereocenters.